The summed E-state index contributed by atoms with van der Waals surface area (Å²) in [5.41, 5.74) is 6.58. The highest BCUT2D eigenvalue weighted by atomic mass is 16.5. The Bertz CT molecular complexity index is 1210. The Hall–Kier alpha value is -4.41. The summed E-state index contributed by atoms with van der Waals surface area (Å²) < 4.78 is 5.46. The van der Waals surface area contributed by atoms with Crippen LogP contribution >= 0.6 is 0 Å². The van der Waals surface area contributed by atoms with Crippen LogP contribution in [0.5, 0.6) is 0 Å². The number of ether oxygens (including phenoxy) is 1. The maximum Gasteiger partial charge on any atom is 0.407 e. The van der Waals surface area contributed by atoms with Crippen LogP contribution < -0.4 is 26.5 Å². The third-order valence-electron chi connectivity index (χ3n) is 7.47. The molecule has 1 fully saturated rings. The molecule has 4 rings (SSSR count). The first-order valence-electron chi connectivity index (χ1n) is 13.5. The first kappa shape index (κ1) is 28.6. The van der Waals surface area contributed by atoms with Gasteiger partial charge in [0, 0.05) is 44.0 Å². The number of urea groups is 1. The van der Waals surface area contributed by atoms with E-state index < -0.39 is 30.6 Å². The summed E-state index contributed by atoms with van der Waals surface area (Å²) in [6, 6.07) is 14.2. The summed E-state index contributed by atoms with van der Waals surface area (Å²) >= 11 is 0. The van der Waals surface area contributed by atoms with Crippen molar-refractivity contribution in [1.82, 2.24) is 21.4 Å². The Kier molecular flexibility index (Phi) is 9.71. The molecule has 0 saturated heterocycles. The predicted molar refractivity (Wildman–Crippen MR) is 146 cm³/mol. The van der Waals surface area contributed by atoms with Crippen molar-refractivity contribution in [2.24, 2.45) is 16.9 Å². The van der Waals surface area contributed by atoms with Gasteiger partial charge in [-0.1, -0.05) is 48.5 Å². The Morgan fingerprint density at radius 3 is 2.23 bits per heavy atom. The van der Waals surface area contributed by atoms with E-state index in [4.69, 9.17) is 4.74 Å². The predicted octanol–water partition coefficient (Wildman–Crippen LogP) is 1.87. The molecule has 2 aliphatic rings. The fourth-order valence-electron chi connectivity index (χ4n) is 5.41. The number of hydrazone groups is 1. The molecule has 2 aliphatic carbocycles. The molecule has 2 aromatic rings. The summed E-state index contributed by atoms with van der Waals surface area (Å²) in [6.45, 7) is 0.503. The number of hydrogen-bond donors (Lipinski definition) is 4. The number of fused-ring (bicyclic) bond motifs is 3. The van der Waals surface area contributed by atoms with Gasteiger partial charge in [-0.05, 0) is 53.9 Å². The van der Waals surface area contributed by atoms with E-state index in [0.717, 1.165) is 54.2 Å². The number of benzene rings is 2. The number of carbonyl (C=O) groups excluding carboxylic acids is 4. The highest BCUT2D eigenvalue weighted by molar-refractivity contribution is 5.82. The van der Waals surface area contributed by atoms with Crippen molar-refractivity contribution in [3.8, 4) is 11.1 Å². The molecule has 2 aromatic carbocycles. The first-order chi connectivity index (χ1) is 19.4. The van der Waals surface area contributed by atoms with E-state index in [1.165, 1.54) is 0 Å². The highest BCUT2D eigenvalue weighted by Crippen LogP contribution is 2.44. The molecule has 0 aromatic heterocycles. The van der Waals surface area contributed by atoms with Crippen molar-refractivity contribution < 1.29 is 29.0 Å². The number of aliphatic carboxylic acids is 1. The summed E-state index contributed by atoms with van der Waals surface area (Å²) in [6.07, 6.45) is 2.97. The van der Waals surface area contributed by atoms with Gasteiger partial charge in [0.15, 0.2) is 0 Å². The zero-order chi connectivity index (χ0) is 28.5. The zero-order valence-electron chi connectivity index (χ0n) is 22.4. The van der Waals surface area contributed by atoms with Crippen molar-refractivity contribution >= 4 is 30.2 Å². The van der Waals surface area contributed by atoms with Gasteiger partial charge < -0.3 is 30.6 Å². The van der Waals surface area contributed by atoms with Crippen molar-refractivity contribution in [2.45, 2.75) is 44.1 Å². The van der Waals surface area contributed by atoms with Crippen LogP contribution in [0.25, 0.3) is 11.1 Å². The molecule has 0 radical (unpaired) electrons. The number of rotatable bonds is 10. The molecular weight excluding hydrogens is 514 g/mol. The third kappa shape index (κ3) is 7.37. The molecule has 40 heavy (non-hydrogen) atoms. The van der Waals surface area contributed by atoms with Gasteiger partial charge in [0.1, 0.15) is 6.61 Å². The Labute approximate surface area is 232 Å². The lowest BCUT2D eigenvalue weighted by Gasteiger charge is -2.27. The minimum atomic E-state index is -1.40. The summed E-state index contributed by atoms with van der Waals surface area (Å²) in [4.78, 5) is 47.6. The second kappa shape index (κ2) is 13.6. The maximum atomic E-state index is 12.5. The summed E-state index contributed by atoms with van der Waals surface area (Å²) in [5, 5.41) is 22.8. The van der Waals surface area contributed by atoms with Crippen LogP contribution in [0.4, 0.5) is 9.59 Å². The van der Waals surface area contributed by atoms with Crippen LogP contribution in [0.15, 0.2) is 53.6 Å². The number of alkyl carbamates (subject to hydrolysis) is 1. The van der Waals surface area contributed by atoms with Crippen LogP contribution in [-0.4, -0.2) is 56.5 Å². The fraction of sp³-hybridized carbons (Fsp3) is 0.414. The number of carboxylic acids is 1. The van der Waals surface area contributed by atoms with Gasteiger partial charge in [0.2, 0.25) is 5.91 Å². The molecule has 4 amide bonds. The lowest BCUT2D eigenvalue weighted by atomic mass is 9.81. The largest absolute Gasteiger partial charge is 0.550 e. The number of hydrogen-bond acceptors (Lipinski definition) is 7. The van der Waals surface area contributed by atoms with Gasteiger partial charge in [-0.15, -0.1) is 0 Å². The summed E-state index contributed by atoms with van der Waals surface area (Å²) in [7, 11) is 1.63. The monoisotopic (exact) mass is 548 g/mol. The molecule has 0 bridgehead atoms. The lowest BCUT2D eigenvalue weighted by Crippen LogP contribution is -2.42. The minimum absolute atomic E-state index is 0.0179. The molecule has 0 unspecified atom stereocenters. The molecular formula is C29H34N5O6-. The topological polar surface area (TPSA) is 161 Å². The molecule has 212 valence electrons. The molecule has 11 heteroatoms. The Balaban J connectivity index is 1.23. The normalized spacial score (nSPS) is 18.7. The quantitative estimate of drug-likeness (QED) is 0.262. The number of nitrogens with one attached hydrogen (secondary N) is 4. The van der Waals surface area contributed by atoms with Crippen molar-refractivity contribution in [1.29, 1.82) is 0 Å². The van der Waals surface area contributed by atoms with Crippen molar-refractivity contribution in [3.63, 3.8) is 0 Å². The Morgan fingerprint density at radius 1 is 1.00 bits per heavy atom. The third-order valence-corrected chi connectivity index (χ3v) is 7.47. The highest BCUT2D eigenvalue weighted by Gasteiger charge is 2.29. The second-order valence-corrected chi connectivity index (χ2v) is 10.1. The number of amides is 4. The molecule has 11 nitrogen and oxygen atoms in total. The van der Waals surface area contributed by atoms with Gasteiger partial charge in [-0.25, -0.2) is 15.0 Å². The standard InChI is InChI=1S/C29H35N5O6/c1-30-27(37)19-12-10-18(11-13-19)15-31-28(38)34-32-16-20(14-26(35)36)33-29(39)40-17-25-23-8-4-2-6-21(23)22-7-3-5-9-24(22)25/h2-9,16,18-20,25H,10-15,17H2,1H3,(H,30,37)(H,33,39)(H,35,36)(H2,31,34,38)/p-1/b32-16+/t18?,19?,20-/m0/s1. The van der Waals surface area contributed by atoms with Gasteiger partial charge in [0.25, 0.3) is 0 Å². The van der Waals surface area contributed by atoms with Crippen LogP contribution in [0.3, 0.4) is 0 Å². The van der Waals surface area contributed by atoms with Gasteiger partial charge >= 0.3 is 12.1 Å². The van der Waals surface area contributed by atoms with Crippen LogP contribution in [0.2, 0.25) is 0 Å². The zero-order valence-corrected chi connectivity index (χ0v) is 22.4. The smallest absolute Gasteiger partial charge is 0.407 e. The maximum absolute atomic E-state index is 12.5. The summed E-state index contributed by atoms with van der Waals surface area (Å²) in [5.74, 6) is -1.21. The lowest BCUT2D eigenvalue weighted by molar-refractivity contribution is -0.305. The van der Waals surface area contributed by atoms with Crippen LogP contribution in [-0.2, 0) is 14.3 Å². The molecule has 0 aliphatic heterocycles. The van der Waals surface area contributed by atoms with E-state index in [-0.39, 0.29) is 30.3 Å². The molecule has 0 spiro atoms. The molecule has 1 atom stereocenters. The van der Waals surface area contributed by atoms with Crippen LogP contribution in [0.1, 0.15) is 49.1 Å². The van der Waals surface area contributed by atoms with Crippen molar-refractivity contribution in [2.75, 3.05) is 20.2 Å². The number of carbonyl (C=O) groups is 4. The van der Waals surface area contributed by atoms with E-state index in [1.807, 2.05) is 48.5 Å². The molecule has 4 N–H and O–H groups in total. The number of carboxylic acid groups (broad SMARTS) is 1. The van der Waals surface area contributed by atoms with E-state index in [0.29, 0.717) is 6.54 Å². The van der Waals surface area contributed by atoms with Crippen LogP contribution in [0, 0.1) is 11.8 Å². The minimum Gasteiger partial charge on any atom is -0.550 e. The van der Waals surface area contributed by atoms with E-state index in [2.05, 4.69) is 26.5 Å². The number of nitrogens with zero attached hydrogens (tertiary/aromatic N) is 1. The first-order valence-corrected chi connectivity index (χ1v) is 13.5. The van der Waals surface area contributed by atoms with E-state index in [1.54, 1.807) is 7.05 Å². The van der Waals surface area contributed by atoms with Gasteiger partial charge in [-0.3, -0.25) is 4.79 Å². The van der Waals surface area contributed by atoms with E-state index >= 15 is 0 Å². The second-order valence-electron chi connectivity index (χ2n) is 10.1. The Morgan fingerprint density at radius 2 is 1.62 bits per heavy atom. The van der Waals surface area contributed by atoms with Gasteiger partial charge in [0.05, 0.1) is 6.04 Å². The molecule has 0 heterocycles. The average molecular weight is 549 g/mol. The fourth-order valence-corrected chi connectivity index (χ4v) is 5.41. The van der Waals surface area contributed by atoms with E-state index in [9.17, 15) is 24.3 Å². The molecule has 1 saturated carbocycles. The van der Waals surface area contributed by atoms with Crippen molar-refractivity contribution in [3.05, 3.63) is 59.7 Å². The van der Waals surface area contributed by atoms with Gasteiger partial charge in [-0.2, -0.15) is 5.10 Å². The SMILES string of the molecule is CNC(=O)C1CCC(CNC(=O)N/N=C/[C@H](CC(=O)[O-])NC(=O)OCC2c3ccccc3-c3ccccc32)CC1. The average Bonchev–Trinajstić information content (AvgIpc) is 3.28.